The number of amides is 2. The van der Waals surface area contributed by atoms with E-state index in [0.29, 0.717) is 16.3 Å². The fourth-order valence-corrected chi connectivity index (χ4v) is 3.38. The third-order valence-corrected chi connectivity index (χ3v) is 5.06. The van der Waals surface area contributed by atoms with E-state index in [9.17, 15) is 19.7 Å². The Morgan fingerprint density at radius 3 is 2.59 bits per heavy atom. The molecular formula is C18H14ClN5O4S. The number of non-ortho nitro benzene ring substituents is 1. The van der Waals surface area contributed by atoms with E-state index in [4.69, 9.17) is 11.6 Å². The summed E-state index contributed by atoms with van der Waals surface area (Å²) in [6, 6.07) is 12.4. The van der Waals surface area contributed by atoms with Crippen molar-refractivity contribution in [3.63, 3.8) is 0 Å². The number of amidine groups is 1. The zero-order chi connectivity index (χ0) is 20.8. The van der Waals surface area contributed by atoms with Crippen molar-refractivity contribution in [1.82, 2.24) is 5.32 Å². The maximum absolute atomic E-state index is 12.1. The molecule has 0 radical (unpaired) electrons. The summed E-state index contributed by atoms with van der Waals surface area (Å²) in [4.78, 5) is 34.3. The molecule has 148 valence electrons. The van der Waals surface area contributed by atoms with Gasteiger partial charge in [-0.1, -0.05) is 23.4 Å². The van der Waals surface area contributed by atoms with Crippen molar-refractivity contribution >= 4 is 57.9 Å². The summed E-state index contributed by atoms with van der Waals surface area (Å²) in [5.74, 6) is -0.638. The van der Waals surface area contributed by atoms with Gasteiger partial charge in [0.05, 0.1) is 11.1 Å². The van der Waals surface area contributed by atoms with Crippen LogP contribution in [0.5, 0.6) is 0 Å². The van der Waals surface area contributed by atoms with Crippen molar-refractivity contribution in [3.05, 3.63) is 69.2 Å². The van der Waals surface area contributed by atoms with E-state index in [0.717, 1.165) is 11.8 Å². The topological polar surface area (TPSA) is 126 Å². The van der Waals surface area contributed by atoms with Crippen LogP contribution in [-0.2, 0) is 9.59 Å². The van der Waals surface area contributed by atoms with E-state index in [-0.39, 0.29) is 29.1 Å². The number of anilines is 1. The van der Waals surface area contributed by atoms with Gasteiger partial charge in [0.15, 0.2) is 5.17 Å². The van der Waals surface area contributed by atoms with Gasteiger partial charge in [0.25, 0.3) is 5.69 Å². The van der Waals surface area contributed by atoms with E-state index < -0.39 is 10.2 Å². The summed E-state index contributed by atoms with van der Waals surface area (Å²) in [6.07, 6.45) is 1.38. The first-order valence-corrected chi connectivity index (χ1v) is 9.55. The lowest BCUT2D eigenvalue weighted by Gasteiger charge is -2.07. The van der Waals surface area contributed by atoms with Crippen LogP contribution in [0.4, 0.5) is 11.4 Å². The molecule has 1 aliphatic heterocycles. The molecule has 9 nitrogen and oxygen atoms in total. The number of nitro groups is 1. The number of hydrogen-bond donors (Lipinski definition) is 2. The Labute approximate surface area is 174 Å². The quantitative estimate of drug-likeness (QED) is 0.412. The maximum atomic E-state index is 12.1. The molecule has 0 saturated carbocycles. The van der Waals surface area contributed by atoms with Crippen LogP contribution in [0, 0.1) is 10.1 Å². The third kappa shape index (κ3) is 5.87. The van der Waals surface area contributed by atoms with Gasteiger partial charge in [-0.2, -0.15) is 5.10 Å². The van der Waals surface area contributed by atoms with Gasteiger partial charge in [-0.15, -0.1) is 5.10 Å². The second-order valence-corrected chi connectivity index (χ2v) is 7.48. The molecule has 1 saturated heterocycles. The summed E-state index contributed by atoms with van der Waals surface area (Å²) in [5.41, 5.74) is 1.18. The normalized spacial score (nSPS) is 17.5. The van der Waals surface area contributed by atoms with Gasteiger partial charge >= 0.3 is 0 Å². The fourth-order valence-electron chi connectivity index (χ4n) is 2.33. The monoisotopic (exact) mass is 431 g/mol. The number of carbonyl (C=O) groups is 2. The highest BCUT2D eigenvalue weighted by atomic mass is 35.5. The van der Waals surface area contributed by atoms with Crippen LogP contribution in [0.3, 0.4) is 0 Å². The Kier molecular flexibility index (Phi) is 6.57. The van der Waals surface area contributed by atoms with E-state index >= 15 is 0 Å². The van der Waals surface area contributed by atoms with Crippen LogP contribution in [0.1, 0.15) is 12.0 Å². The lowest BCUT2D eigenvalue weighted by molar-refractivity contribution is -0.384. The Morgan fingerprint density at radius 1 is 1.24 bits per heavy atom. The Morgan fingerprint density at radius 2 is 1.93 bits per heavy atom. The first-order chi connectivity index (χ1) is 13.9. The summed E-state index contributed by atoms with van der Waals surface area (Å²) >= 11 is 6.91. The van der Waals surface area contributed by atoms with Crippen molar-refractivity contribution in [2.45, 2.75) is 11.7 Å². The van der Waals surface area contributed by atoms with Crippen LogP contribution in [0.2, 0.25) is 5.02 Å². The minimum Gasteiger partial charge on any atom is -0.326 e. The van der Waals surface area contributed by atoms with Crippen LogP contribution in [0.15, 0.2) is 58.7 Å². The number of hydrogen-bond acceptors (Lipinski definition) is 7. The summed E-state index contributed by atoms with van der Waals surface area (Å²) in [7, 11) is 0. The highest BCUT2D eigenvalue weighted by Gasteiger charge is 2.32. The van der Waals surface area contributed by atoms with E-state index in [2.05, 4.69) is 20.8 Å². The lowest BCUT2D eigenvalue weighted by Crippen LogP contribution is -2.28. The molecular weight excluding hydrogens is 418 g/mol. The number of benzene rings is 2. The van der Waals surface area contributed by atoms with Crippen molar-refractivity contribution in [3.8, 4) is 0 Å². The molecule has 2 N–H and O–H groups in total. The largest absolute Gasteiger partial charge is 0.326 e. The second-order valence-electron chi connectivity index (χ2n) is 5.85. The van der Waals surface area contributed by atoms with E-state index in [1.807, 2.05) is 0 Å². The zero-order valence-corrected chi connectivity index (χ0v) is 16.3. The predicted octanol–water partition coefficient (Wildman–Crippen LogP) is 3.20. The smallest absolute Gasteiger partial charge is 0.269 e. The molecule has 1 aliphatic rings. The number of rotatable bonds is 6. The highest BCUT2D eigenvalue weighted by Crippen LogP contribution is 2.23. The standard InChI is InChI=1S/C18H14ClN5O4S/c19-12-3-5-13(6-4-12)21-16(25)9-15-17(26)22-18(29-15)23-20-10-11-1-7-14(8-2-11)24(27)28/h1-8,10,15H,9H2,(H,21,25)(H,22,23,26)/b20-10+. The molecule has 29 heavy (non-hydrogen) atoms. The predicted molar refractivity (Wildman–Crippen MR) is 112 cm³/mol. The Balaban J connectivity index is 1.54. The van der Waals surface area contributed by atoms with Crippen LogP contribution in [0.25, 0.3) is 0 Å². The number of carbonyl (C=O) groups excluding carboxylic acids is 2. The summed E-state index contributed by atoms with van der Waals surface area (Å²) < 4.78 is 0. The maximum Gasteiger partial charge on any atom is 0.269 e. The SMILES string of the molecule is O=C(CC1S/C(=N/N=C/c2ccc([N+](=O)[O-])cc2)NC1=O)Nc1ccc(Cl)cc1. The molecule has 0 bridgehead atoms. The highest BCUT2D eigenvalue weighted by molar-refractivity contribution is 8.15. The third-order valence-electron chi connectivity index (χ3n) is 3.73. The zero-order valence-electron chi connectivity index (χ0n) is 14.7. The molecule has 1 unspecified atom stereocenters. The molecule has 1 atom stereocenters. The molecule has 0 spiro atoms. The van der Waals surface area contributed by atoms with Crippen LogP contribution >= 0.6 is 23.4 Å². The van der Waals surface area contributed by atoms with Gasteiger partial charge < -0.3 is 10.6 Å². The van der Waals surface area contributed by atoms with Gasteiger partial charge in [0, 0.05) is 29.3 Å². The average Bonchev–Trinajstić information content (AvgIpc) is 3.03. The fraction of sp³-hybridized carbons (Fsp3) is 0.111. The second kappa shape index (κ2) is 9.30. The molecule has 0 aliphatic carbocycles. The minimum atomic E-state index is -0.615. The average molecular weight is 432 g/mol. The summed E-state index contributed by atoms with van der Waals surface area (Å²) in [5, 5.41) is 23.9. The van der Waals surface area contributed by atoms with Gasteiger partial charge in [-0.3, -0.25) is 19.7 Å². The first-order valence-electron chi connectivity index (χ1n) is 8.29. The number of nitrogens with zero attached hydrogens (tertiary/aromatic N) is 3. The number of halogens is 1. The van der Waals surface area contributed by atoms with Crippen molar-refractivity contribution in [2.75, 3.05) is 5.32 Å². The van der Waals surface area contributed by atoms with Gasteiger partial charge in [-0.25, -0.2) is 0 Å². The van der Waals surface area contributed by atoms with E-state index in [1.54, 1.807) is 24.3 Å². The van der Waals surface area contributed by atoms with E-state index in [1.165, 1.54) is 30.5 Å². The van der Waals surface area contributed by atoms with Gasteiger partial charge in [0.2, 0.25) is 11.8 Å². The molecule has 11 heteroatoms. The van der Waals surface area contributed by atoms with Gasteiger partial charge in [-0.05, 0) is 42.0 Å². The summed E-state index contributed by atoms with van der Waals surface area (Å²) in [6.45, 7) is 0. The first kappa shape index (κ1) is 20.5. The molecule has 2 aromatic rings. The number of nitrogens with one attached hydrogen (secondary N) is 2. The van der Waals surface area contributed by atoms with Crippen LogP contribution < -0.4 is 10.6 Å². The molecule has 2 amide bonds. The van der Waals surface area contributed by atoms with Crippen LogP contribution in [-0.4, -0.2) is 33.4 Å². The molecule has 0 aromatic heterocycles. The molecule has 2 aromatic carbocycles. The molecule has 3 rings (SSSR count). The van der Waals surface area contributed by atoms with Crippen molar-refractivity contribution in [2.24, 2.45) is 10.2 Å². The Bertz CT molecular complexity index is 992. The van der Waals surface area contributed by atoms with Gasteiger partial charge in [0.1, 0.15) is 5.25 Å². The van der Waals surface area contributed by atoms with Crippen molar-refractivity contribution < 1.29 is 14.5 Å². The Hall–Kier alpha value is -3.24. The molecule has 1 heterocycles. The lowest BCUT2D eigenvalue weighted by atomic mass is 10.2. The number of thioether (sulfide) groups is 1. The number of nitro benzene ring substituents is 1. The molecule has 1 fully saturated rings. The van der Waals surface area contributed by atoms with Crippen molar-refractivity contribution in [1.29, 1.82) is 0 Å². The minimum absolute atomic E-state index is 0.0215.